The number of carbonyl (C=O) groups is 1. The van der Waals surface area contributed by atoms with E-state index >= 15 is 0 Å². The first-order chi connectivity index (χ1) is 15.7. The maximum atomic E-state index is 11.9. The normalized spacial score (nSPS) is 13.6. The van der Waals surface area contributed by atoms with Gasteiger partial charge in [-0.25, -0.2) is 4.99 Å². The van der Waals surface area contributed by atoms with Crippen LogP contribution in [0.3, 0.4) is 0 Å². The number of methoxy groups -OCH3 is 1. The maximum absolute atomic E-state index is 11.9. The van der Waals surface area contributed by atoms with Gasteiger partial charge in [-0.05, 0) is 55.2 Å². The van der Waals surface area contributed by atoms with E-state index in [0.29, 0.717) is 26.2 Å². The first-order valence-electron chi connectivity index (χ1n) is 11.3. The lowest BCUT2D eigenvalue weighted by Crippen LogP contribution is -2.38. The molecule has 1 fully saturated rings. The van der Waals surface area contributed by atoms with Crippen LogP contribution in [0.2, 0.25) is 0 Å². The Bertz CT molecular complexity index is 872. The second-order valence-electron chi connectivity index (χ2n) is 7.69. The predicted molar refractivity (Wildman–Crippen MR) is 144 cm³/mol. The Kier molecular flexibility index (Phi) is 12.0. The standard InChI is InChI=1S/C25H34N4O3.HI/c1-3-26-25(27-15-5-17-32-19-21-9-13-23(31-2)14-10-21)28-18-20-7-11-22(12-8-20)29-16-4-6-24(29)30;/h7-14H,3-6,15-19H2,1-2H3,(H2,26,27,28);1H. The molecule has 1 heterocycles. The van der Waals surface area contributed by atoms with E-state index in [0.717, 1.165) is 61.0 Å². The fourth-order valence-electron chi connectivity index (χ4n) is 3.51. The van der Waals surface area contributed by atoms with E-state index in [-0.39, 0.29) is 29.9 Å². The van der Waals surface area contributed by atoms with Crippen LogP contribution in [0, 0.1) is 0 Å². The van der Waals surface area contributed by atoms with Crippen molar-refractivity contribution in [1.82, 2.24) is 10.6 Å². The molecular formula is C25H35IN4O3. The van der Waals surface area contributed by atoms with Crippen LogP contribution in [0.5, 0.6) is 5.75 Å². The van der Waals surface area contributed by atoms with E-state index in [4.69, 9.17) is 9.47 Å². The van der Waals surface area contributed by atoms with Crippen molar-refractivity contribution in [3.8, 4) is 5.75 Å². The molecule has 1 amide bonds. The Hall–Kier alpha value is -2.33. The highest BCUT2D eigenvalue weighted by Gasteiger charge is 2.21. The van der Waals surface area contributed by atoms with Crippen molar-refractivity contribution in [3.63, 3.8) is 0 Å². The van der Waals surface area contributed by atoms with Crippen molar-refractivity contribution >= 4 is 41.5 Å². The molecule has 0 bridgehead atoms. The number of aliphatic imine (C=N–C) groups is 1. The Morgan fingerprint density at radius 1 is 1.06 bits per heavy atom. The number of rotatable bonds is 11. The van der Waals surface area contributed by atoms with Gasteiger partial charge in [-0.3, -0.25) is 4.79 Å². The van der Waals surface area contributed by atoms with E-state index in [1.165, 1.54) is 0 Å². The Morgan fingerprint density at radius 3 is 2.42 bits per heavy atom. The van der Waals surface area contributed by atoms with E-state index < -0.39 is 0 Å². The van der Waals surface area contributed by atoms with Crippen LogP contribution in [0.25, 0.3) is 0 Å². The third-order valence-electron chi connectivity index (χ3n) is 5.27. The maximum Gasteiger partial charge on any atom is 0.227 e. The second kappa shape index (κ2) is 14.7. The average molecular weight is 566 g/mol. The number of carbonyl (C=O) groups excluding carboxylic acids is 1. The number of amides is 1. The lowest BCUT2D eigenvalue weighted by atomic mass is 10.2. The van der Waals surface area contributed by atoms with E-state index in [2.05, 4.69) is 22.5 Å². The van der Waals surface area contributed by atoms with Gasteiger partial charge in [0.2, 0.25) is 5.91 Å². The molecule has 8 heteroatoms. The van der Waals surface area contributed by atoms with Gasteiger partial charge in [-0.2, -0.15) is 0 Å². The van der Waals surface area contributed by atoms with Crippen LogP contribution in [-0.4, -0.2) is 45.2 Å². The molecule has 33 heavy (non-hydrogen) atoms. The van der Waals surface area contributed by atoms with E-state index in [1.807, 2.05) is 53.4 Å². The summed E-state index contributed by atoms with van der Waals surface area (Å²) in [5.74, 6) is 1.86. The Morgan fingerprint density at radius 2 is 1.79 bits per heavy atom. The van der Waals surface area contributed by atoms with Crippen LogP contribution in [0.4, 0.5) is 5.69 Å². The molecule has 2 N–H and O–H groups in total. The van der Waals surface area contributed by atoms with Gasteiger partial charge < -0.3 is 25.0 Å². The molecular weight excluding hydrogens is 531 g/mol. The molecule has 0 aromatic heterocycles. The summed E-state index contributed by atoms with van der Waals surface area (Å²) < 4.78 is 10.9. The zero-order valence-corrected chi connectivity index (χ0v) is 21.8. The number of nitrogens with one attached hydrogen (secondary N) is 2. The predicted octanol–water partition coefficient (Wildman–Crippen LogP) is 4.10. The van der Waals surface area contributed by atoms with Gasteiger partial charge in [0.25, 0.3) is 0 Å². The van der Waals surface area contributed by atoms with Crippen molar-refractivity contribution in [3.05, 3.63) is 59.7 Å². The quantitative estimate of drug-likeness (QED) is 0.186. The molecule has 2 aromatic carbocycles. The summed E-state index contributed by atoms with van der Waals surface area (Å²) in [5.41, 5.74) is 3.22. The molecule has 2 aromatic rings. The Labute approximate surface area is 214 Å². The molecule has 0 aliphatic carbocycles. The molecule has 0 unspecified atom stereocenters. The highest BCUT2D eigenvalue weighted by Crippen LogP contribution is 2.21. The summed E-state index contributed by atoms with van der Waals surface area (Å²) in [4.78, 5) is 18.4. The molecule has 1 saturated heterocycles. The lowest BCUT2D eigenvalue weighted by Gasteiger charge is -2.16. The largest absolute Gasteiger partial charge is 0.497 e. The highest BCUT2D eigenvalue weighted by molar-refractivity contribution is 14.0. The number of hydrogen-bond donors (Lipinski definition) is 2. The van der Waals surface area contributed by atoms with Crippen molar-refractivity contribution in [2.24, 2.45) is 4.99 Å². The van der Waals surface area contributed by atoms with E-state index in [9.17, 15) is 4.79 Å². The molecule has 0 saturated carbocycles. The lowest BCUT2D eigenvalue weighted by molar-refractivity contribution is -0.117. The van der Waals surface area contributed by atoms with Crippen LogP contribution >= 0.6 is 24.0 Å². The topological polar surface area (TPSA) is 75.2 Å². The van der Waals surface area contributed by atoms with Crippen molar-refractivity contribution in [2.75, 3.05) is 38.3 Å². The molecule has 7 nitrogen and oxygen atoms in total. The zero-order chi connectivity index (χ0) is 22.6. The third kappa shape index (κ3) is 8.85. The van der Waals surface area contributed by atoms with Gasteiger partial charge in [0, 0.05) is 38.3 Å². The molecule has 1 aliphatic rings. The van der Waals surface area contributed by atoms with Gasteiger partial charge in [-0.1, -0.05) is 24.3 Å². The number of anilines is 1. The molecule has 0 radical (unpaired) electrons. The van der Waals surface area contributed by atoms with Crippen LogP contribution in [-0.2, 0) is 22.7 Å². The van der Waals surface area contributed by atoms with Gasteiger partial charge in [0.05, 0.1) is 20.3 Å². The number of benzene rings is 2. The fraction of sp³-hybridized carbons (Fsp3) is 0.440. The zero-order valence-electron chi connectivity index (χ0n) is 19.5. The molecule has 0 atom stereocenters. The summed E-state index contributed by atoms with van der Waals surface area (Å²) in [5, 5.41) is 6.63. The summed E-state index contributed by atoms with van der Waals surface area (Å²) in [7, 11) is 1.66. The van der Waals surface area contributed by atoms with Crippen LogP contribution in [0.15, 0.2) is 53.5 Å². The van der Waals surface area contributed by atoms with Gasteiger partial charge in [0.15, 0.2) is 5.96 Å². The van der Waals surface area contributed by atoms with E-state index in [1.54, 1.807) is 7.11 Å². The SMILES string of the molecule is CCNC(=NCc1ccc(N2CCCC2=O)cc1)NCCCOCc1ccc(OC)cc1.I. The summed E-state index contributed by atoms with van der Waals surface area (Å²) in [6, 6.07) is 16.0. The van der Waals surface area contributed by atoms with Crippen LogP contribution in [0.1, 0.15) is 37.3 Å². The molecule has 0 spiro atoms. The van der Waals surface area contributed by atoms with Crippen molar-refractivity contribution in [2.45, 2.75) is 39.3 Å². The molecule has 3 rings (SSSR count). The summed E-state index contributed by atoms with van der Waals surface area (Å²) >= 11 is 0. The number of hydrogen-bond acceptors (Lipinski definition) is 4. The van der Waals surface area contributed by atoms with Gasteiger partial charge in [0.1, 0.15) is 5.75 Å². The number of ether oxygens (including phenoxy) is 2. The minimum absolute atomic E-state index is 0. The first-order valence-corrected chi connectivity index (χ1v) is 11.3. The van der Waals surface area contributed by atoms with Crippen LogP contribution < -0.4 is 20.3 Å². The number of halogens is 1. The second-order valence-corrected chi connectivity index (χ2v) is 7.69. The summed E-state index contributed by atoms with van der Waals surface area (Å²) in [6.07, 6.45) is 2.48. The fourth-order valence-corrected chi connectivity index (χ4v) is 3.51. The summed E-state index contributed by atoms with van der Waals surface area (Å²) in [6.45, 7) is 6.30. The first kappa shape index (κ1) is 26.9. The number of guanidine groups is 1. The molecule has 180 valence electrons. The van der Waals surface area contributed by atoms with Gasteiger partial charge >= 0.3 is 0 Å². The monoisotopic (exact) mass is 566 g/mol. The minimum Gasteiger partial charge on any atom is -0.497 e. The average Bonchev–Trinajstić information content (AvgIpc) is 3.26. The third-order valence-corrected chi connectivity index (χ3v) is 5.27. The van der Waals surface area contributed by atoms with Crippen molar-refractivity contribution in [1.29, 1.82) is 0 Å². The van der Waals surface area contributed by atoms with Gasteiger partial charge in [-0.15, -0.1) is 24.0 Å². The number of nitrogens with zero attached hydrogens (tertiary/aromatic N) is 2. The van der Waals surface area contributed by atoms with Crippen molar-refractivity contribution < 1.29 is 14.3 Å². The Balaban J connectivity index is 0.00000385. The smallest absolute Gasteiger partial charge is 0.227 e. The minimum atomic E-state index is 0. The highest BCUT2D eigenvalue weighted by atomic mass is 127. The molecule has 1 aliphatic heterocycles.